The Morgan fingerprint density at radius 2 is 1.58 bits per heavy atom. The summed E-state index contributed by atoms with van der Waals surface area (Å²) in [6, 6.07) is 18.3. The number of rotatable bonds is 0. The van der Waals surface area contributed by atoms with Crippen LogP contribution in [0.15, 0.2) is 59.8 Å². The van der Waals surface area contributed by atoms with Crippen molar-refractivity contribution in [3.05, 3.63) is 82.1 Å². The van der Waals surface area contributed by atoms with Crippen LogP contribution in [0.2, 0.25) is 13.1 Å². The molecule has 0 nitrogen and oxygen atoms in total. The van der Waals surface area contributed by atoms with E-state index in [2.05, 4.69) is 79.9 Å². The van der Waals surface area contributed by atoms with Gasteiger partial charge in [-0.2, -0.15) is 0 Å². The molecule has 0 aromatic heterocycles. The molecular weight excluding hydrogens is 430 g/mol. The normalized spacial score (nSPS) is 26.2. The van der Waals surface area contributed by atoms with Crippen molar-refractivity contribution in [3.8, 4) is 0 Å². The summed E-state index contributed by atoms with van der Waals surface area (Å²) in [5.41, 5.74) is 6.29. The average molecular weight is 449 g/mol. The molecule has 24 heavy (non-hydrogen) atoms. The first-order valence-corrected chi connectivity index (χ1v) is 13.7. The van der Waals surface area contributed by atoms with Crippen molar-refractivity contribution in [1.82, 2.24) is 0 Å². The van der Waals surface area contributed by atoms with Gasteiger partial charge < -0.3 is 24.8 Å². The Hall–Kier alpha value is -0.400. The summed E-state index contributed by atoms with van der Waals surface area (Å²) < 4.78 is 1.29. The second kappa shape index (κ2) is 6.09. The molecule has 0 amide bonds. The second-order valence-corrected chi connectivity index (χ2v) is 17.1. The molecule has 0 N–H and O–H groups in total. The third-order valence-electron chi connectivity index (χ3n) is 5.91. The van der Waals surface area contributed by atoms with E-state index in [0.29, 0.717) is 2.75 Å². The molecule has 3 aliphatic rings. The van der Waals surface area contributed by atoms with Crippen LogP contribution in [0.25, 0.3) is 12.2 Å². The van der Waals surface area contributed by atoms with E-state index in [1.807, 2.05) is 5.20 Å². The van der Waals surface area contributed by atoms with Crippen LogP contribution >= 0.6 is 0 Å². The van der Waals surface area contributed by atoms with Gasteiger partial charge in [-0.3, -0.25) is 0 Å². The zero-order valence-electron chi connectivity index (χ0n) is 13.7. The van der Waals surface area contributed by atoms with Crippen molar-refractivity contribution in [2.24, 2.45) is 0 Å². The predicted octanol–water partition coefficient (Wildman–Crippen LogP) is -1.06. The largest absolute Gasteiger partial charge is 1.00 e. The molecule has 0 bridgehead atoms. The summed E-state index contributed by atoms with van der Waals surface area (Å²) in [7, 11) is -1.49. The Labute approximate surface area is 168 Å². The van der Waals surface area contributed by atoms with Gasteiger partial charge in [-0.05, 0) is 0 Å². The van der Waals surface area contributed by atoms with E-state index in [-0.39, 0.29) is 24.8 Å². The number of allylic oxidation sites excluding steroid dienone is 2. The zero-order valence-corrected chi connectivity index (χ0v) is 18.7. The van der Waals surface area contributed by atoms with Gasteiger partial charge >= 0.3 is 145 Å². The van der Waals surface area contributed by atoms with Gasteiger partial charge in [0, 0.05) is 0 Å². The number of fused-ring (bicyclic) bond motifs is 5. The molecule has 5 rings (SSSR count). The molecular formula is C20H18Cl2SiZr. The molecule has 1 spiro atoms. The summed E-state index contributed by atoms with van der Waals surface area (Å²) in [5.74, 6) is 0. The van der Waals surface area contributed by atoms with E-state index in [0.717, 1.165) is 3.63 Å². The van der Waals surface area contributed by atoms with Crippen molar-refractivity contribution in [2.45, 2.75) is 19.5 Å². The minimum Gasteiger partial charge on any atom is -1.00 e. The smallest absolute Gasteiger partial charge is 1.00 e. The minimum absolute atomic E-state index is 0. The number of hydrogen-bond donors (Lipinski definition) is 0. The Morgan fingerprint density at radius 3 is 2.38 bits per heavy atom. The van der Waals surface area contributed by atoms with Crippen LogP contribution in [-0.2, 0) is 26.0 Å². The molecule has 120 valence electrons. The maximum absolute atomic E-state index is 2.62. The molecule has 2 aromatic carbocycles. The van der Waals surface area contributed by atoms with Crippen LogP contribution in [0.4, 0.5) is 0 Å². The van der Waals surface area contributed by atoms with E-state index >= 15 is 0 Å². The summed E-state index contributed by atoms with van der Waals surface area (Å²) >= 11 is -0.618. The Morgan fingerprint density at radius 1 is 0.917 bits per heavy atom. The summed E-state index contributed by atoms with van der Waals surface area (Å²) in [4.78, 5) is 0. The summed E-state index contributed by atoms with van der Waals surface area (Å²) in [6.07, 6.45) is 7.60. The molecule has 1 saturated heterocycles. The molecule has 2 unspecified atom stereocenters. The van der Waals surface area contributed by atoms with E-state index in [1.54, 1.807) is 11.1 Å². The van der Waals surface area contributed by atoms with Crippen LogP contribution < -0.4 is 24.8 Å². The van der Waals surface area contributed by atoms with Crippen LogP contribution in [-0.4, -0.2) is 8.07 Å². The molecule has 1 aliphatic heterocycles. The zero-order chi connectivity index (χ0) is 14.9. The second-order valence-electron chi connectivity index (χ2n) is 7.16. The van der Waals surface area contributed by atoms with Gasteiger partial charge in [-0.1, -0.05) is 0 Å². The average Bonchev–Trinajstić information content (AvgIpc) is 3.14. The van der Waals surface area contributed by atoms with Gasteiger partial charge in [-0.15, -0.1) is 0 Å². The molecule has 0 radical (unpaired) electrons. The third kappa shape index (κ3) is 2.13. The Balaban J connectivity index is 0.000000845. The van der Waals surface area contributed by atoms with Crippen molar-refractivity contribution in [2.75, 3.05) is 0 Å². The van der Waals surface area contributed by atoms with Gasteiger partial charge in [-0.25, -0.2) is 0 Å². The first-order chi connectivity index (χ1) is 10.6. The van der Waals surface area contributed by atoms with Crippen molar-refractivity contribution >= 4 is 20.2 Å². The maximum atomic E-state index is 2.62. The van der Waals surface area contributed by atoms with Crippen molar-refractivity contribution < 1.29 is 48.0 Å². The molecule has 1 fully saturated rings. The van der Waals surface area contributed by atoms with Crippen molar-refractivity contribution in [3.63, 3.8) is 0 Å². The number of halogens is 2. The van der Waals surface area contributed by atoms with Gasteiger partial charge in [0.25, 0.3) is 0 Å². The van der Waals surface area contributed by atoms with Gasteiger partial charge in [0.05, 0.1) is 0 Å². The molecule has 2 atom stereocenters. The quantitative estimate of drug-likeness (QED) is 0.451. The predicted molar refractivity (Wildman–Crippen MR) is 91.8 cm³/mol. The minimum atomic E-state index is -1.49. The van der Waals surface area contributed by atoms with Crippen LogP contribution in [0.1, 0.15) is 25.9 Å². The SMILES string of the molecule is C[Si]1(C)C2=Cc3ccccc3[CH]2[Zr+2][C]12C=Cc1ccccc12.[Cl-].[Cl-]. The van der Waals surface area contributed by atoms with Crippen LogP contribution in [0, 0.1) is 0 Å². The Bertz CT molecular complexity index is 871. The monoisotopic (exact) mass is 446 g/mol. The fourth-order valence-corrected chi connectivity index (χ4v) is 20.0. The maximum Gasteiger partial charge on any atom is -1.00 e. The van der Waals surface area contributed by atoms with Gasteiger partial charge in [0.15, 0.2) is 0 Å². The van der Waals surface area contributed by atoms with Crippen molar-refractivity contribution in [1.29, 1.82) is 0 Å². The molecule has 4 heteroatoms. The summed E-state index contributed by atoms with van der Waals surface area (Å²) in [6.45, 7) is 5.25. The fraction of sp³-hybridized carbons (Fsp3) is 0.200. The number of hydrogen-bond acceptors (Lipinski definition) is 0. The Kier molecular flexibility index (Phi) is 4.67. The molecule has 2 aromatic rings. The first kappa shape index (κ1) is 18.4. The molecule has 0 saturated carbocycles. The van der Waals surface area contributed by atoms with E-state index in [9.17, 15) is 0 Å². The van der Waals surface area contributed by atoms with Crippen LogP contribution in [0.3, 0.4) is 0 Å². The van der Waals surface area contributed by atoms with E-state index < -0.39 is 31.3 Å². The molecule has 1 heterocycles. The molecule has 2 aliphatic carbocycles. The standard InChI is InChI=1S/C20H18Si.2ClH.Zr/c1-21(2,18-13-16-8-3-4-9-17(16)14-18)20-12-11-15-7-5-6-10-19(15)20;;;/h3-14H,1-2H3;2*1H;/q;;;+2/p-2. The van der Waals surface area contributed by atoms with Gasteiger partial charge in [0.2, 0.25) is 0 Å². The summed E-state index contributed by atoms with van der Waals surface area (Å²) in [5, 5.41) is 1.83. The van der Waals surface area contributed by atoms with Gasteiger partial charge in [0.1, 0.15) is 0 Å². The van der Waals surface area contributed by atoms with E-state index in [4.69, 9.17) is 0 Å². The topological polar surface area (TPSA) is 0 Å². The third-order valence-corrected chi connectivity index (χ3v) is 20.8. The van der Waals surface area contributed by atoms with E-state index in [1.165, 1.54) is 11.1 Å². The fourth-order valence-electron chi connectivity index (χ4n) is 4.63. The first-order valence-electron chi connectivity index (χ1n) is 8.01. The van der Waals surface area contributed by atoms with Crippen LogP contribution in [0.5, 0.6) is 0 Å². The number of benzene rings is 2.